The third-order valence-corrected chi connectivity index (χ3v) is 11.4. The number of aliphatic hydroxyl groups is 6. The number of cyclic esters (lactones) is 1. The molecule has 0 bridgehead atoms. The number of rotatable bonds is 6. The summed E-state index contributed by atoms with van der Waals surface area (Å²) in [7, 11) is 3.67. The highest BCUT2D eigenvalue weighted by Crippen LogP contribution is 2.40. The second kappa shape index (κ2) is 16.4. The monoisotopic (exact) mass is 719 g/mol. The molecule has 0 unspecified atom stereocenters. The van der Waals surface area contributed by atoms with Crippen molar-refractivity contribution in [3.05, 3.63) is 0 Å². The number of carbonyl (C=O) groups is 2. The number of nitrogens with zero attached hydrogens (tertiary/aromatic N) is 1. The summed E-state index contributed by atoms with van der Waals surface area (Å²) in [5.41, 5.74) is -5.42. The molecule has 3 aliphatic heterocycles. The Balaban J connectivity index is 2.17. The van der Waals surface area contributed by atoms with E-state index in [0.29, 0.717) is 6.42 Å². The van der Waals surface area contributed by atoms with Gasteiger partial charge in [0.25, 0.3) is 0 Å². The molecule has 0 aromatic carbocycles. The van der Waals surface area contributed by atoms with E-state index in [1.807, 2.05) is 25.9 Å². The number of aliphatic hydroxyl groups excluding tert-OH is 3. The minimum Gasteiger partial charge on any atom is -0.459 e. The second-order valence-electron chi connectivity index (χ2n) is 16.3. The highest BCUT2D eigenvalue weighted by Gasteiger charge is 2.53. The number of hydrogen-bond acceptors (Lipinski definition) is 14. The number of hydrogen-bond donors (Lipinski definition) is 6. The lowest BCUT2D eigenvalue weighted by Gasteiger charge is -2.48. The van der Waals surface area contributed by atoms with E-state index in [9.17, 15) is 40.2 Å². The molecule has 0 aliphatic carbocycles. The maximum Gasteiger partial charge on any atom is 0.311 e. The summed E-state index contributed by atoms with van der Waals surface area (Å²) < 4.78 is 31.0. The zero-order chi connectivity index (χ0) is 38.3. The smallest absolute Gasteiger partial charge is 0.311 e. The number of Topliss-reactive ketones (excluding diaryl/α,β-unsaturated/α-hetero) is 1. The largest absolute Gasteiger partial charge is 0.459 e. The van der Waals surface area contributed by atoms with E-state index in [0.717, 1.165) is 0 Å². The number of esters is 1. The van der Waals surface area contributed by atoms with Gasteiger partial charge in [0.15, 0.2) is 12.6 Å². The van der Waals surface area contributed by atoms with Crippen molar-refractivity contribution in [3.8, 4) is 0 Å². The molecule has 0 spiro atoms. The molecule has 18 atom stereocenters. The van der Waals surface area contributed by atoms with Gasteiger partial charge in [-0.15, -0.1) is 0 Å². The first-order valence-corrected chi connectivity index (χ1v) is 18.1. The topological polar surface area (TPSA) is 205 Å². The molecule has 0 saturated carbocycles. The van der Waals surface area contributed by atoms with E-state index in [1.54, 1.807) is 34.6 Å². The molecule has 292 valence electrons. The van der Waals surface area contributed by atoms with Crippen LogP contribution in [0, 0.1) is 23.7 Å². The van der Waals surface area contributed by atoms with Crippen molar-refractivity contribution >= 4 is 11.8 Å². The fourth-order valence-electron chi connectivity index (χ4n) is 8.22. The minimum absolute atomic E-state index is 0.118. The van der Waals surface area contributed by atoms with Crippen LogP contribution in [-0.2, 0) is 33.3 Å². The van der Waals surface area contributed by atoms with Crippen molar-refractivity contribution in [3.63, 3.8) is 0 Å². The summed E-state index contributed by atoms with van der Waals surface area (Å²) >= 11 is 0. The Morgan fingerprint density at radius 2 is 1.44 bits per heavy atom. The number of likely N-dealkylation sites (N-methyl/N-ethyl adjacent to an activating group) is 1. The third-order valence-electron chi connectivity index (χ3n) is 11.4. The maximum atomic E-state index is 14.0. The SMILES string of the molecule is CC[C@H]1OC(=O)[C@H](C)[C@@H](O[C@H]2C[C@@](C)(O)[C@@H](O)[C@H](C)O2)[C@H](C)[C@@H](O[C@@H]2O[C@H](C)C[C@H](N(C)C)[C@H]2O)[C@](C)(O)C[C@@H](C)C(=O)[C@H](C)[C@@H](O)[C@@]1(C)O. The van der Waals surface area contributed by atoms with Crippen LogP contribution in [0.15, 0.2) is 0 Å². The van der Waals surface area contributed by atoms with Crippen LogP contribution < -0.4 is 0 Å². The van der Waals surface area contributed by atoms with Gasteiger partial charge in [0.1, 0.15) is 29.7 Å². The molecule has 0 radical (unpaired) electrons. The molecule has 3 saturated heterocycles. The lowest BCUT2D eigenvalue weighted by Crippen LogP contribution is -2.61. The van der Waals surface area contributed by atoms with E-state index in [2.05, 4.69) is 0 Å². The molecule has 14 nitrogen and oxygen atoms in total. The van der Waals surface area contributed by atoms with Crippen molar-refractivity contribution in [1.29, 1.82) is 0 Å². The Morgan fingerprint density at radius 3 is 1.98 bits per heavy atom. The molecule has 3 heterocycles. The molecule has 3 rings (SSSR count). The minimum atomic E-state index is -2.01. The highest BCUT2D eigenvalue weighted by atomic mass is 16.7. The van der Waals surface area contributed by atoms with Gasteiger partial charge < -0.3 is 59.2 Å². The first-order chi connectivity index (χ1) is 22.9. The zero-order valence-corrected chi connectivity index (χ0v) is 32.0. The van der Waals surface area contributed by atoms with E-state index in [4.69, 9.17) is 23.7 Å². The second-order valence-corrected chi connectivity index (χ2v) is 16.3. The number of ketones is 1. The van der Waals surface area contributed by atoms with Gasteiger partial charge in [-0.2, -0.15) is 0 Å². The highest BCUT2D eigenvalue weighted by molar-refractivity contribution is 5.83. The predicted octanol–water partition coefficient (Wildman–Crippen LogP) is 1.13. The van der Waals surface area contributed by atoms with Crippen LogP contribution in [-0.4, -0.2) is 146 Å². The number of ether oxygens (including phenoxy) is 5. The average molecular weight is 720 g/mol. The first-order valence-electron chi connectivity index (χ1n) is 18.1. The van der Waals surface area contributed by atoms with Crippen molar-refractivity contribution in [2.75, 3.05) is 14.1 Å². The molecule has 50 heavy (non-hydrogen) atoms. The molecule has 0 aromatic rings. The van der Waals surface area contributed by atoms with Crippen LogP contribution in [0.3, 0.4) is 0 Å². The Labute approximate surface area is 297 Å². The Morgan fingerprint density at radius 1 is 0.840 bits per heavy atom. The summed E-state index contributed by atoms with van der Waals surface area (Å²) in [6.07, 6.45) is -10.7. The van der Waals surface area contributed by atoms with Crippen LogP contribution in [0.4, 0.5) is 0 Å². The Kier molecular flexibility index (Phi) is 14.1. The standard InChI is InChI=1S/C36H65NO13/c1-13-24-36(10,45)29(40)19(4)26(38)17(2)15-35(9,44)31(50-33-27(39)23(37(11)12)14-18(3)46-33)20(5)28(21(6)32(42)48-24)49-25-16-34(8,43)30(41)22(7)47-25/h17-25,27-31,33,39-41,43-45H,13-16H2,1-12H3/t17-,18-,19+,20+,21-,22+,23+,24-,25+,27-,28+,29-,30+,31-,33+,34-,35-,36+/m1/s1. The summed E-state index contributed by atoms with van der Waals surface area (Å²) in [5.74, 6) is -5.14. The summed E-state index contributed by atoms with van der Waals surface area (Å²) in [6.45, 7) is 15.8. The van der Waals surface area contributed by atoms with Crippen molar-refractivity contribution in [1.82, 2.24) is 4.90 Å². The van der Waals surface area contributed by atoms with E-state index in [-0.39, 0.29) is 31.4 Å². The molecule has 3 fully saturated rings. The first kappa shape index (κ1) is 43.1. The third kappa shape index (κ3) is 9.25. The van der Waals surface area contributed by atoms with Crippen molar-refractivity contribution in [2.45, 2.75) is 179 Å². The molecule has 0 amide bonds. The van der Waals surface area contributed by atoms with Crippen molar-refractivity contribution < 1.29 is 63.9 Å². The maximum absolute atomic E-state index is 14.0. The molecule has 6 N–H and O–H groups in total. The lowest BCUT2D eigenvalue weighted by atomic mass is 9.74. The molecule has 0 aromatic heterocycles. The van der Waals surface area contributed by atoms with Gasteiger partial charge in [0.05, 0.1) is 47.6 Å². The fourth-order valence-corrected chi connectivity index (χ4v) is 8.22. The van der Waals surface area contributed by atoms with Gasteiger partial charge in [0, 0.05) is 30.2 Å². The molecule has 14 heteroatoms. The van der Waals surface area contributed by atoms with Gasteiger partial charge in [-0.1, -0.05) is 27.7 Å². The fraction of sp³-hybridized carbons (Fsp3) is 0.944. The summed E-state index contributed by atoms with van der Waals surface area (Å²) in [4.78, 5) is 29.6. The summed E-state index contributed by atoms with van der Waals surface area (Å²) in [6, 6.07) is -0.337. The van der Waals surface area contributed by atoms with Gasteiger partial charge >= 0.3 is 5.97 Å². The van der Waals surface area contributed by atoms with Crippen LogP contribution in [0.2, 0.25) is 0 Å². The zero-order valence-electron chi connectivity index (χ0n) is 32.0. The van der Waals surface area contributed by atoms with E-state index < -0.39 is 108 Å². The van der Waals surface area contributed by atoms with E-state index >= 15 is 0 Å². The lowest BCUT2D eigenvalue weighted by molar-refractivity contribution is -0.316. The van der Waals surface area contributed by atoms with E-state index in [1.165, 1.54) is 27.7 Å². The number of carbonyl (C=O) groups excluding carboxylic acids is 2. The van der Waals surface area contributed by atoms with Gasteiger partial charge in [-0.3, -0.25) is 9.59 Å². The van der Waals surface area contributed by atoms with Crippen molar-refractivity contribution in [2.24, 2.45) is 23.7 Å². The molecule has 3 aliphatic rings. The van der Waals surface area contributed by atoms with Gasteiger partial charge in [-0.05, 0) is 74.9 Å². The van der Waals surface area contributed by atoms with Crippen LogP contribution >= 0.6 is 0 Å². The Bertz CT molecular complexity index is 1150. The molecular formula is C36H65NO13. The quantitative estimate of drug-likeness (QED) is 0.213. The predicted molar refractivity (Wildman–Crippen MR) is 181 cm³/mol. The van der Waals surface area contributed by atoms with Gasteiger partial charge in [0.2, 0.25) is 0 Å². The van der Waals surface area contributed by atoms with Crippen LogP contribution in [0.5, 0.6) is 0 Å². The average Bonchev–Trinajstić information content (AvgIpc) is 3.01. The normalized spacial score (nSPS) is 50.5. The van der Waals surface area contributed by atoms with Crippen LogP contribution in [0.1, 0.15) is 94.9 Å². The van der Waals surface area contributed by atoms with Crippen LogP contribution in [0.25, 0.3) is 0 Å². The summed E-state index contributed by atoms with van der Waals surface area (Å²) in [5, 5.41) is 68.1. The Hall–Kier alpha value is -1.30. The van der Waals surface area contributed by atoms with Gasteiger partial charge in [-0.25, -0.2) is 0 Å². The molecular weight excluding hydrogens is 654 g/mol.